The molecular weight excluding hydrogens is 468 g/mol. The average molecular weight is 505 g/mol. The van der Waals surface area contributed by atoms with Gasteiger partial charge in [-0.25, -0.2) is 9.97 Å². The summed E-state index contributed by atoms with van der Waals surface area (Å²) in [6, 6.07) is 13.1. The highest BCUT2D eigenvalue weighted by Crippen LogP contribution is 2.24. The third-order valence-electron chi connectivity index (χ3n) is 7.71. The van der Waals surface area contributed by atoms with Crippen molar-refractivity contribution in [2.75, 3.05) is 40.5 Å². The fourth-order valence-electron chi connectivity index (χ4n) is 5.42. The molecule has 3 heterocycles. The van der Waals surface area contributed by atoms with Crippen LogP contribution in [0.5, 0.6) is 5.75 Å². The second-order valence-electron chi connectivity index (χ2n) is 10.00. The number of methoxy groups -OCH3 is 2. The fraction of sp³-hybridized carbons (Fsp3) is 0.483. The number of piperidine rings is 1. The standard InChI is InChI=1S/C29H36N4O4/c1-19-26(15-20-4-5-21-6-7-24(35-2)16-22(21)14-20)30-18-31-28(19)29(34)33-11-8-23(9-12-33)32-25-10-13-37-17-27(25)36-3/h4-7,14,16,18,23,25,27,32H,8-13,15,17H2,1-3H3/t25-,27+/m0/s1. The number of benzene rings is 2. The van der Waals surface area contributed by atoms with E-state index < -0.39 is 0 Å². The number of rotatable bonds is 7. The van der Waals surface area contributed by atoms with Crippen molar-refractivity contribution in [1.29, 1.82) is 0 Å². The van der Waals surface area contributed by atoms with E-state index in [1.165, 1.54) is 6.33 Å². The summed E-state index contributed by atoms with van der Waals surface area (Å²) >= 11 is 0. The number of ether oxygens (including phenoxy) is 3. The second-order valence-corrected chi connectivity index (χ2v) is 10.00. The highest BCUT2D eigenvalue weighted by atomic mass is 16.5. The van der Waals surface area contributed by atoms with Gasteiger partial charge in [-0.3, -0.25) is 4.79 Å². The van der Waals surface area contributed by atoms with Gasteiger partial charge in [0.15, 0.2) is 0 Å². The van der Waals surface area contributed by atoms with Crippen molar-refractivity contribution < 1.29 is 19.0 Å². The Hall–Kier alpha value is -3.07. The SMILES string of the molecule is COc1ccc2ccc(Cc3ncnc(C(=O)N4CCC(N[C@H]5CCOC[C@H]5OC)CC4)c3C)cc2c1. The van der Waals surface area contributed by atoms with Gasteiger partial charge in [-0.1, -0.05) is 24.3 Å². The maximum Gasteiger partial charge on any atom is 0.272 e. The van der Waals surface area contributed by atoms with E-state index in [2.05, 4.69) is 39.6 Å². The Bertz CT molecular complexity index is 1240. The van der Waals surface area contributed by atoms with Crippen molar-refractivity contribution in [3.63, 3.8) is 0 Å². The molecule has 2 atom stereocenters. The number of hydrogen-bond donors (Lipinski definition) is 1. The Kier molecular flexibility index (Phi) is 7.98. The molecular formula is C29H36N4O4. The first-order chi connectivity index (χ1) is 18.1. The number of aromatic nitrogens is 2. The molecule has 2 aliphatic rings. The third kappa shape index (κ3) is 5.76. The van der Waals surface area contributed by atoms with Gasteiger partial charge in [0.05, 0.1) is 25.5 Å². The van der Waals surface area contributed by atoms with E-state index in [4.69, 9.17) is 14.2 Å². The molecule has 2 saturated heterocycles. The highest BCUT2D eigenvalue weighted by Gasteiger charge is 2.31. The number of fused-ring (bicyclic) bond motifs is 1. The van der Waals surface area contributed by atoms with Gasteiger partial charge in [-0.15, -0.1) is 0 Å². The number of nitrogens with zero attached hydrogens (tertiary/aromatic N) is 3. The van der Waals surface area contributed by atoms with Gasteiger partial charge in [0, 0.05) is 50.9 Å². The molecule has 5 rings (SSSR count). The number of nitrogens with one attached hydrogen (secondary N) is 1. The number of hydrogen-bond acceptors (Lipinski definition) is 7. The van der Waals surface area contributed by atoms with E-state index in [0.717, 1.165) is 59.2 Å². The van der Waals surface area contributed by atoms with Crippen LogP contribution in [0.4, 0.5) is 0 Å². The zero-order valence-corrected chi connectivity index (χ0v) is 21.9. The van der Waals surface area contributed by atoms with E-state index in [1.807, 2.05) is 24.0 Å². The maximum atomic E-state index is 13.4. The zero-order chi connectivity index (χ0) is 25.8. The molecule has 0 unspecified atom stereocenters. The summed E-state index contributed by atoms with van der Waals surface area (Å²) in [6.45, 7) is 4.77. The van der Waals surface area contributed by atoms with E-state index in [0.29, 0.717) is 43.9 Å². The fourth-order valence-corrected chi connectivity index (χ4v) is 5.42. The first kappa shape index (κ1) is 25.6. The molecule has 8 heteroatoms. The summed E-state index contributed by atoms with van der Waals surface area (Å²) in [5.41, 5.74) is 3.36. The quantitative estimate of drug-likeness (QED) is 0.527. The predicted octanol–water partition coefficient (Wildman–Crippen LogP) is 3.54. The number of amides is 1. The third-order valence-corrected chi connectivity index (χ3v) is 7.71. The molecule has 8 nitrogen and oxygen atoms in total. The van der Waals surface area contributed by atoms with Crippen LogP contribution >= 0.6 is 0 Å². The van der Waals surface area contributed by atoms with Crippen molar-refractivity contribution >= 4 is 16.7 Å². The van der Waals surface area contributed by atoms with Crippen molar-refractivity contribution in [1.82, 2.24) is 20.2 Å². The lowest BCUT2D eigenvalue weighted by molar-refractivity contribution is -0.0533. The Morgan fingerprint density at radius 2 is 1.89 bits per heavy atom. The Balaban J connectivity index is 1.23. The van der Waals surface area contributed by atoms with Crippen LogP contribution in [0.3, 0.4) is 0 Å². The molecule has 0 saturated carbocycles. The lowest BCUT2D eigenvalue weighted by Gasteiger charge is -2.38. The maximum absolute atomic E-state index is 13.4. The predicted molar refractivity (Wildman–Crippen MR) is 142 cm³/mol. The van der Waals surface area contributed by atoms with Crippen molar-refractivity contribution in [2.24, 2.45) is 0 Å². The molecule has 3 aromatic rings. The molecule has 0 radical (unpaired) electrons. The Labute approximate surface area is 218 Å². The minimum Gasteiger partial charge on any atom is -0.497 e. The van der Waals surface area contributed by atoms with E-state index in [9.17, 15) is 4.79 Å². The highest BCUT2D eigenvalue weighted by molar-refractivity contribution is 5.94. The lowest BCUT2D eigenvalue weighted by Crippen LogP contribution is -2.54. The molecule has 2 fully saturated rings. The van der Waals surface area contributed by atoms with Gasteiger partial charge in [0.25, 0.3) is 5.91 Å². The van der Waals surface area contributed by atoms with Crippen LogP contribution in [0.2, 0.25) is 0 Å². The van der Waals surface area contributed by atoms with Crippen LogP contribution in [0, 0.1) is 6.92 Å². The molecule has 1 amide bonds. The first-order valence-electron chi connectivity index (χ1n) is 13.1. The molecule has 1 aromatic heterocycles. The van der Waals surface area contributed by atoms with Gasteiger partial charge in [-0.2, -0.15) is 0 Å². The van der Waals surface area contributed by atoms with Gasteiger partial charge >= 0.3 is 0 Å². The molecule has 37 heavy (non-hydrogen) atoms. The summed E-state index contributed by atoms with van der Waals surface area (Å²) in [6.07, 6.45) is 5.02. The van der Waals surface area contributed by atoms with Gasteiger partial charge in [-0.05, 0) is 54.7 Å². The first-order valence-corrected chi connectivity index (χ1v) is 13.1. The minimum absolute atomic E-state index is 0.0105. The normalized spacial score (nSPS) is 20.8. The molecule has 2 aliphatic heterocycles. The van der Waals surface area contributed by atoms with E-state index >= 15 is 0 Å². The van der Waals surface area contributed by atoms with E-state index in [1.54, 1.807) is 14.2 Å². The summed E-state index contributed by atoms with van der Waals surface area (Å²) in [4.78, 5) is 24.3. The van der Waals surface area contributed by atoms with Gasteiger partial charge in [0.2, 0.25) is 0 Å². The molecule has 1 N–H and O–H groups in total. The molecule has 196 valence electrons. The second kappa shape index (κ2) is 11.5. The van der Waals surface area contributed by atoms with Gasteiger partial charge in [0.1, 0.15) is 17.8 Å². The van der Waals surface area contributed by atoms with Crippen LogP contribution < -0.4 is 10.1 Å². The number of likely N-dealkylation sites (tertiary alicyclic amines) is 1. The van der Waals surface area contributed by atoms with Crippen LogP contribution in [0.1, 0.15) is 46.6 Å². The van der Waals surface area contributed by atoms with Crippen LogP contribution in [-0.2, 0) is 15.9 Å². The molecule has 2 aromatic carbocycles. The minimum atomic E-state index is -0.0105. The Morgan fingerprint density at radius 3 is 2.68 bits per heavy atom. The summed E-state index contributed by atoms with van der Waals surface area (Å²) < 4.78 is 16.5. The summed E-state index contributed by atoms with van der Waals surface area (Å²) in [5.74, 6) is 0.824. The van der Waals surface area contributed by atoms with Crippen molar-refractivity contribution in [2.45, 2.75) is 50.8 Å². The molecule has 0 bridgehead atoms. The monoisotopic (exact) mass is 504 g/mol. The lowest BCUT2D eigenvalue weighted by atomic mass is 9.98. The number of carbonyl (C=O) groups excluding carboxylic acids is 1. The topological polar surface area (TPSA) is 85.8 Å². The van der Waals surface area contributed by atoms with E-state index in [-0.39, 0.29) is 12.0 Å². The summed E-state index contributed by atoms with van der Waals surface area (Å²) in [7, 11) is 3.42. The smallest absolute Gasteiger partial charge is 0.272 e. The van der Waals surface area contributed by atoms with Crippen LogP contribution in [0.15, 0.2) is 42.7 Å². The Morgan fingerprint density at radius 1 is 1.08 bits per heavy atom. The largest absolute Gasteiger partial charge is 0.497 e. The average Bonchev–Trinajstić information content (AvgIpc) is 2.94. The summed E-state index contributed by atoms with van der Waals surface area (Å²) in [5, 5.41) is 6.03. The van der Waals surface area contributed by atoms with Crippen molar-refractivity contribution in [3.8, 4) is 5.75 Å². The van der Waals surface area contributed by atoms with Crippen LogP contribution in [0.25, 0.3) is 10.8 Å². The van der Waals surface area contributed by atoms with Crippen LogP contribution in [-0.4, -0.2) is 79.5 Å². The van der Waals surface area contributed by atoms with Gasteiger partial charge < -0.3 is 24.4 Å². The zero-order valence-electron chi connectivity index (χ0n) is 21.9. The molecule has 0 spiro atoms. The van der Waals surface area contributed by atoms with Crippen molar-refractivity contribution in [3.05, 3.63) is 65.2 Å². The number of carbonyl (C=O) groups is 1. The molecule has 0 aliphatic carbocycles.